The van der Waals surface area contributed by atoms with E-state index in [-0.39, 0.29) is 17.3 Å². The van der Waals surface area contributed by atoms with Crippen molar-refractivity contribution in [1.82, 2.24) is 4.57 Å². The van der Waals surface area contributed by atoms with Crippen LogP contribution >= 0.6 is 11.3 Å². The minimum absolute atomic E-state index is 0.241. The first kappa shape index (κ1) is 25.0. The van der Waals surface area contributed by atoms with E-state index in [2.05, 4.69) is 27.3 Å². The summed E-state index contributed by atoms with van der Waals surface area (Å²) in [5.74, 6) is -0.747. The van der Waals surface area contributed by atoms with Crippen molar-refractivity contribution in [2.45, 2.75) is 25.8 Å². The van der Waals surface area contributed by atoms with Gasteiger partial charge in [-0.3, -0.25) is 14.2 Å². The Morgan fingerprint density at radius 3 is 2.38 bits per heavy atom. The predicted molar refractivity (Wildman–Crippen MR) is 153 cm³/mol. The van der Waals surface area contributed by atoms with Crippen LogP contribution in [0.2, 0.25) is 0 Å². The molecule has 8 heteroatoms. The van der Waals surface area contributed by atoms with E-state index in [0.717, 1.165) is 18.7 Å². The van der Waals surface area contributed by atoms with Gasteiger partial charge in [-0.1, -0.05) is 53.8 Å². The lowest BCUT2D eigenvalue weighted by Crippen LogP contribution is -2.40. The van der Waals surface area contributed by atoms with Crippen molar-refractivity contribution in [3.8, 4) is 0 Å². The van der Waals surface area contributed by atoms with Crippen molar-refractivity contribution < 1.29 is 9.18 Å². The fourth-order valence-corrected chi connectivity index (χ4v) is 6.25. The standard InChI is InChI=1S/C31H27FN4O2S/c1-20-27(29(37)34-24-7-3-2-4-8-24)28(22-11-13-23(32)14-12-22)36-30(38)26(39-31(36)33-20)19-21-9-15-25(16-10-21)35-17-5-6-18-35/h2-4,7-16,19,28H,5-6,17-18H2,1H3,(H,34,37)/b26-19+/t28-/m0/s1. The molecule has 0 spiro atoms. The molecule has 0 bridgehead atoms. The maximum Gasteiger partial charge on any atom is 0.271 e. The smallest absolute Gasteiger partial charge is 0.271 e. The Balaban J connectivity index is 1.43. The van der Waals surface area contributed by atoms with Crippen LogP contribution in [-0.4, -0.2) is 23.6 Å². The second-order valence-corrected chi connectivity index (χ2v) is 10.7. The summed E-state index contributed by atoms with van der Waals surface area (Å²) in [4.78, 5) is 34.9. The molecule has 6 rings (SSSR count). The Morgan fingerprint density at radius 2 is 1.69 bits per heavy atom. The fourth-order valence-electron chi connectivity index (χ4n) is 5.20. The molecule has 196 valence electrons. The van der Waals surface area contributed by atoms with Crippen molar-refractivity contribution in [3.05, 3.63) is 127 Å². The Bertz CT molecular complexity index is 1730. The molecule has 1 fully saturated rings. The van der Waals surface area contributed by atoms with Gasteiger partial charge in [-0.15, -0.1) is 0 Å². The second kappa shape index (κ2) is 10.5. The summed E-state index contributed by atoms with van der Waals surface area (Å²) in [5.41, 5.74) is 3.99. The Kier molecular flexibility index (Phi) is 6.70. The summed E-state index contributed by atoms with van der Waals surface area (Å²) in [6.07, 6.45) is 4.29. The number of benzene rings is 3. The lowest BCUT2D eigenvalue weighted by Gasteiger charge is -2.25. The zero-order valence-electron chi connectivity index (χ0n) is 21.4. The van der Waals surface area contributed by atoms with Crippen LogP contribution in [0.4, 0.5) is 15.8 Å². The van der Waals surface area contributed by atoms with Gasteiger partial charge >= 0.3 is 0 Å². The van der Waals surface area contributed by atoms with Gasteiger partial charge in [0.1, 0.15) is 5.82 Å². The molecule has 2 aliphatic heterocycles. The van der Waals surface area contributed by atoms with E-state index in [0.29, 0.717) is 31.9 Å². The molecule has 3 aromatic carbocycles. The molecule has 4 aromatic rings. The first-order valence-electron chi connectivity index (χ1n) is 13.0. The third kappa shape index (κ3) is 4.95. The molecule has 6 nitrogen and oxygen atoms in total. The predicted octanol–water partition coefficient (Wildman–Crippen LogP) is 4.61. The molecule has 0 unspecified atom stereocenters. The fraction of sp³-hybridized carbons (Fsp3) is 0.194. The first-order valence-corrected chi connectivity index (χ1v) is 13.8. The number of hydrogen-bond acceptors (Lipinski definition) is 5. The maximum atomic E-state index is 13.8. The van der Waals surface area contributed by atoms with E-state index < -0.39 is 6.04 Å². The number of fused-ring (bicyclic) bond motifs is 1. The monoisotopic (exact) mass is 538 g/mol. The number of allylic oxidation sites excluding steroid dienone is 1. The minimum atomic E-state index is -0.745. The van der Waals surface area contributed by atoms with Crippen molar-refractivity contribution in [2.75, 3.05) is 23.3 Å². The van der Waals surface area contributed by atoms with Gasteiger partial charge < -0.3 is 10.2 Å². The van der Waals surface area contributed by atoms with Gasteiger partial charge in [-0.25, -0.2) is 9.38 Å². The topological polar surface area (TPSA) is 66.7 Å². The minimum Gasteiger partial charge on any atom is -0.372 e. The lowest BCUT2D eigenvalue weighted by molar-refractivity contribution is -0.113. The van der Waals surface area contributed by atoms with Crippen LogP contribution in [0.15, 0.2) is 99.9 Å². The van der Waals surface area contributed by atoms with Gasteiger partial charge in [0.25, 0.3) is 11.5 Å². The van der Waals surface area contributed by atoms with E-state index in [1.807, 2.05) is 36.4 Å². The summed E-state index contributed by atoms with van der Waals surface area (Å²) in [6, 6.07) is 22.5. The highest BCUT2D eigenvalue weighted by molar-refractivity contribution is 7.07. The van der Waals surface area contributed by atoms with Gasteiger partial charge in [-0.05, 0) is 73.4 Å². The van der Waals surface area contributed by atoms with E-state index in [9.17, 15) is 14.0 Å². The summed E-state index contributed by atoms with van der Waals surface area (Å²) < 4.78 is 15.9. The molecule has 1 amide bonds. The van der Waals surface area contributed by atoms with E-state index >= 15 is 0 Å². The quantitative estimate of drug-likeness (QED) is 0.404. The van der Waals surface area contributed by atoms with Gasteiger partial charge in [0.2, 0.25) is 0 Å². The highest BCUT2D eigenvalue weighted by Crippen LogP contribution is 2.31. The third-order valence-corrected chi connectivity index (χ3v) is 8.13. The average molecular weight is 539 g/mol. The number of aromatic nitrogens is 1. The number of carbonyl (C=O) groups excluding carboxylic acids is 1. The van der Waals surface area contributed by atoms with Crippen LogP contribution in [0, 0.1) is 5.82 Å². The van der Waals surface area contributed by atoms with Gasteiger partial charge in [0.15, 0.2) is 4.80 Å². The van der Waals surface area contributed by atoms with Crippen LogP contribution in [-0.2, 0) is 4.79 Å². The van der Waals surface area contributed by atoms with Crippen molar-refractivity contribution >= 4 is 34.7 Å². The van der Waals surface area contributed by atoms with Crippen molar-refractivity contribution in [1.29, 1.82) is 0 Å². The molecule has 1 saturated heterocycles. The van der Waals surface area contributed by atoms with Crippen molar-refractivity contribution in [3.63, 3.8) is 0 Å². The number of hydrogen-bond donors (Lipinski definition) is 1. The van der Waals surface area contributed by atoms with E-state index in [4.69, 9.17) is 0 Å². The van der Waals surface area contributed by atoms with Crippen LogP contribution in [0.1, 0.15) is 36.9 Å². The Labute approximate surface area is 229 Å². The molecule has 0 aliphatic carbocycles. The largest absolute Gasteiger partial charge is 0.372 e. The van der Waals surface area contributed by atoms with Crippen LogP contribution in [0.3, 0.4) is 0 Å². The SMILES string of the molecule is CC1=C(C(=O)Nc2ccccc2)[C@H](c2ccc(F)cc2)n2c(s/c(=C/c3ccc(N4CCCC4)cc3)c2=O)=N1. The average Bonchev–Trinajstić information content (AvgIpc) is 3.58. The number of amides is 1. The molecule has 0 radical (unpaired) electrons. The van der Waals surface area contributed by atoms with Gasteiger partial charge in [-0.2, -0.15) is 0 Å². The molecule has 1 aromatic heterocycles. The first-order chi connectivity index (χ1) is 19.0. The van der Waals surface area contributed by atoms with Crippen molar-refractivity contribution in [2.24, 2.45) is 4.99 Å². The number of para-hydroxylation sites is 1. The summed E-state index contributed by atoms with van der Waals surface area (Å²) in [7, 11) is 0. The number of thiazole rings is 1. The van der Waals surface area contributed by atoms with Gasteiger partial charge in [0.05, 0.1) is 21.8 Å². The highest BCUT2D eigenvalue weighted by Gasteiger charge is 2.32. The number of nitrogens with zero attached hydrogens (tertiary/aromatic N) is 3. The zero-order chi connectivity index (χ0) is 26.9. The summed E-state index contributed by atoms with van der Waals surface area (Å²) in [5, 5.41) is 2.92. The highest BCUT2D eigenvalue weighted by atomic mass is 32.1. The normalized spacial score (nSPS) is 17.2. The Morgan fingerprint density at radius 1 is 1.00 bits per heavy atom. The van der Waals surface area contributed by atoms with Crippen LogP contribution in [0.25, 0.3) is 6.08 Å². The molecule has 1 atom stereocenters. The lowest BCUT2D eigenvalue weighted by atomic mass is 9.95. The van der Waals surface area contributed by atoms with E-state index in [1.165, 1.54) is 42.0 Å². The number of rotatable bonds is 5. The Hall–Kier alpha value is -4.30. The third-order valence-electron chi connectivity index (χ3n) is 7.15. The van der Waals surface area contributed by atoms with Crippen LogP contribution in [0.5, 0.6) is 0 Å². The maximum absolute atomic E-state index is 13.8. The summed E-state index contributed by atoms with van der Waals surface area (Å²) >= 11 is 1.29. The molecule has 39 heavy (non-hydrogen) atoms. The van der Waals surface area contributed by atoms with Gasteiger partial charge in [0, 0.05) is 24.5 Å². The number of nitrogens with one attached hydrogen (secondary N) is 1. The molecular formula is C31H27FN4O2S. The number of anilines is 2. The molecule has 3 heterocycles. The van der Waals surface area contributed by atoms with E-state index in [1.54, 1.807) is 35.8 Å². The summed E-state index contributed by atoms with van der Waals surface area (Å²) in [6.45, 7) is 3.91. The number of carbonyl (C=O) groups is 1. The number of halogens is 1. The molecule has 0 saturated carbocycles. The molecule has 1 N–H and O–H groups in total. The zero-order valence-corrected chi connectivity index (χ0v) is 22.2. The molecular weight excluding hydrogens is 511 g/mol. The molecule has 2 aliphatic rings. The second-order valence-electron chi connectivity index (χ2n) is 9.74. The van der Waals surface area contributed by atoms with Crippen LogP contribution < -0.4 is 25.1 Å².